The molecule has 4 heteroatoms. The molecule has 1 fully saturated rings. The molecule has 0 saturated carbocycles. The van der Waals surface area contributed by atoms with Gasteiger partial charge in [0.05, 0.1) is 11.3 Å². The molecule has 23 heavy (non-hydrogen) atoms. The minimum absolute atomic E-state index is 0.0681. The summed E-state index contributed by atoms with van der Waals surface area (Å²) in [6, 6.07) is 6.06. The molecule has 2 aliphatic rings. The molecule has 0 aromatic heterocycles. The van der Waals surface area contributed by atoms with Crippen molar-refractivity contribution in [3.63, 3.8) is 0 Å². The van der Waals surface area contributed by atoms with Crippen molar-refractivity contribution in [1.82, 2.24) is 10.2 Å². The van der Waals surface area contributed by atoms with Gasteiger partial charge in [-0.1, -0.05) is 26.0 Å². The van der Waals surface area contributed by atoms with Crippen molar-refractivity contribution in [3.8, 4) is 0 Å². The van der Waals surface area contributed by atoms with Gasteiger partial charge in [-0.05, 0) is 49.3 Å². The number of likely N-dealkylation sites (tertiary alicyclic amines) is 1. The monoisotopic (exact) mass is 315 g/mol. The summed E-state index contributed by atoms with van der Waals surface area (Å²) in [5.74, 6) is 1.37. The highest BCUT2D eigenvalue weighted by Crippen LogP contribution is 2.26. The van der Waals surface area contributed by atoms with E-state index in [1.807, 2.05) is 12.1 Å². The van der Waals surface area contributed by atoms with E-state index in [1.165, 1.54) is 25.1 Å². The fourth-order valence-electron chi connectivity index (χ4n) is 3.79. The fraction of sp³-hybridized carbons (Fsp3) is 0.632. The van der Waals surface area contributed by atoms with Crippen molar-refractivity contribution in [2.24, 2.45) is 11.8 Å². The number of carbonyl (C=O) groups excluding carboxylic acids is 1. The Morgan fingerprint density at radius 1 is 1.43 bits per heavy atom. The first kappa shape index (κ1) is 16.3. The van der Waals surface area contributed by atoms with Crippen LogP contribution in [0, 0.1) is 11.8 Å². The van der Waals surface area contributed by atoms with E-state index in [9.17, 15) is 4.79 Å². The number of carbonyl (C=O) groups is 1. The highest BCUT2D eigenvalue weighted by Gasteiger charge is 2.24. The molecule has 126 valence electrons. The number of para-hydroxylation sites is 1. The molecule has 3 rings (SSSR count). The second-order valence-electron chi connectivity index (χ2n) is 7.39. The molecule has 2 heterocycles. The van der Waals surface area contributed by atoms with Crippen LogP contribution in [0.3, 0.4) is 0 Å². The number of hydrogen-bond acceptors (Lipinski definition) is 3. The van der Waals surface area contributed by atoms with Gasteiger partial charge in [0, 0.05) is 26.2 Å². The zero-order valence-corrected chi connectivity index (χ0v) is 14.4. The Labute approximate surface area is 139 Å². The number of nitrogens with zero attached hydrogens (tertiary/aromatic N) is 1. The van der Waals surface area contributed by atoms with Crippen LogP contribution in [-0.2, 0) is 6.42 Å². The van der Waals surface area contributed by atoms with E-state index in [1.54, 1.807) is 0 Å². The zero-order valence-electron chi connectivity index (χ0n) is 14.4. The number of rotatable bonds is 5. The molecular weight excluding hydrogens is 286 g/mol. The summed E-state index contributed by atoms with van der Waals surface area (Å²) in [6.07, 6.45) is 3.40. The number of anilines is 1. The summed E-state index contributed by atoms with van der Waals surface area (Å²) in [5, 5.41) is 6.56. The quantitative estimate of drug-likeness (QED) is 0.878. The highest BCUT2D eigenvalue weighted by atomic mass is 16.1. The summed E-state index contributed by atoms with van der Waals surface area (Å²) in [5.41, 5.74) is 3.12. The van der Waals surface area contributed by atoms with Gasteiger partial charge < -0.3 is 15.5 Å². The number of benzene rings is 1. The van der Waals surface area contributed by atoms with E-state index < -0.39 is 0 Å². The Bertz CT molecular complexity index is 556. The molecule has 0 bridgehead atoms. The highest BCUT2D eigenvalue weighted by molar-refractivity contribution is 6.00. The number of aryl methyl sites for hydroxylation is 1. The Kier molecular flexibility index (Phi) is 5.21. The van der Waals surface area contributed by atoms with Crippen molar-refractivity contribution in [3.05, 3.63) is 29.3 Å². The molecule has 2 N–H and O–H groups in total. The molecule has 1 aromatic carbocycles. The van der Waals surface area contributed by atoms with E-state index in [-0.39, 0.29) is 5.91 Å². The van der Waals surface area contributed by atoms with Crippen LogP contribution in [0.2, 0.25) is 0 Å². The molecule has 1 saturated heterocycles. The third-order valence-corrected chi connectivity index (χ3v) is 4.86. The van der Waals surface area contributed by atoms with Crippen LogP contribution in [0.5, 0.6) is 0 Å². The van der Waals surface area contributed by atoms with Crippen LogP contribution in [0.1, 0.15) is 42.6 Å². The first-order chi connectivity index (χ1) is 11.1. The van der Waals surface area contributed by atoms with Crippen LogP contribution in [0.4, 0.5) is 5.69 Å². The normalized spacial score (nSPS) is 21.1. The first-order valence-corrected chi connectivity index (χ1v) is 9.00. The molecule has 2 aliphatic heterocycles. The van der Waals surface area contributed by atoms with Crippen molar-refractivity contribution >= 4 is 11.6 Å². The number of nitrogens with one attached hydrogen (secondary N) is 2. The van der Waals surface area contributed by atoms with Crippen LogP contribution < -0.4 is 10.6 Å². The van der Waals surface area contributed by atoms with Gasteiger partial charge in [0.1, 0.15) is 0 Å². The zero-order chi connectivity index (χ0) is 16.2. The Morgan fingerprint density at radius 2 is 2.30 bits per heavy atom. The van der Waals surface area contributed by atoms with E-state index in [0.717, 1.165) is 43.7 Å². The molecule has 1 amide bonds. The van der Waals surface area contributed by atoms with Gasteiger partial charge in [0.15, 0.2) is 0 Å². The predicted octanol–water partition coefficient (Wildman–Crippen LogP) is 2.75. The van der Waals surface area contributed by atoms with Crippen LogP contribution >= 0.6 is 0 Å². The summed E-state index contributed by atoms with van der Waals surface area (Å²) in [7, 11) is 0. The molecule has 0 aliphatic carbocycles. The lowest BCUT2D eigenvalue weighted by molar-refractivity contribution is 0.0948. The van der Waals surface area contributed by atoms with Gasteiger partial charge in [-0.3, -0.25) is 4.79 Å². The average Bonchev–Trinajstić information content (AvgIpc) is 2.98. The average molecular weight is 315 g/mol. The Balaban J connectivity index is 1.54. The summed E-state index contributed by atoms with van der Waals surface area (Å²) < 4.78 is 0. The van der Waals surface area contributed by atoms with E-state index >= 15 is 0 Å². The van der Waals surface area contributed by atoms with Crippen molar-refractivity contribution < 1.29 is 4.79 Å². The van der Waals surface area contributed by atoms with Crippen molar-refractivity contribution in [2.45, 2.75) is 33.1 Å². The van der Waals surface area contributed by atoms with Gasteiger partial charge in [-0.15, -0.1) is 0 Å². The lowest BCUT2D eigenvalue weighted by atomic mass is 9.99. The minimum Gasteiger partial charge on any atom is -0.384 e. The first-order valence-electron chi connectivity index (χ1n) is 9.00. The maximum absolute atomic E-state index is 12.6. The molecule has 1 aromatic rings. The Morgan fingerprint density at radius 3 is 3.13 bits per heavy atom. The third-order valence-electron chi connectivity index (χ3n) is 4.86. The second-order valence-corrected chi connectivity index (χ2v) is 7.39. The maximum atomic E-state index is 12.6. The van der Waals surface area contributed by atoms with Gasteiger partial charge in [-0.2, -0.15) is 0 Å². The van der Waals surface area contributed by atoms with E-state index in [2.05, 4.69) is 35.4 Å². The molecule has 4 nitrogen and oxygen atoms in total. The number of amides is 1. The SMILES string of the molecule is CC(C)CN1CC[C@H](CNC(=O)c2cccc3c2NCCC3)C1. The van der Waals surface area contributed by atoms with E-state index in [0.29, 0.717) is 11.8 Å². The summed E-state index contributed by atoms with van der Waals surface area (Å²) in [4.78, 5) is 15.1. The standard InChI is InChI=1S/C19H29N3O/c1-14(2)12-22-10-8-15(13-22)11-21-19(23)17-7-3-5-16-6-4-9-20-18(16)17/h3,5,7,14-15,20H,4,6,8-13H2,1-2H3,(H,21,23)/t15-/m1/s1. The van der Waals surface area contributed by atoms with Crippen molar-refractivity contribution in [1.29, 1.82) is 0 Å². The number of fused-ring (bicyclic) bond motifs is 1. The summed E-state index contributed by atoms with van der Waals surface area (Å²) >= 11 is 0. The fourth-order valence-corrected chi connectivity index (χ4v) is 3.79. The van der Waals surface area contributed by atoms with Crippen LogP contribution in [-0.4, -0.2) is 43.5 Å². The number of hydrogen-bond donors (Lipinski definition) is 2. The van der Waals surface area contributed by atoms with Gasteiger partial charge in [-0.25, -0.2) is 0 Å². The van der Waals surface area contributed by atoms with Crippen molar-refractivity contribution in [2.75, 3.05) is 38.0 Å². The topological polar surface area (TPSA) is 44.4 Å². The molecular formula is C19H29N3O. The molecule has 0 spiro atoms. The molecule has 0 radical (unpaired) electrons. The lowest BCUT2D eigenvalue weighted by Crippen LogP contribution is -2.32. The van der Waals surface area contributed by atoms with Crippen LogP contribution in [0.25, 0.3) is 0 Å². The van der Waals surface area contributed by atoms with Gasteiger partial charge in [0.2, 0.25) is 0 Å². The summed E-state index contributed by atoms with van der Waals surface area (Å²) in [6.45, 7) is 9.73. The Hall–Kier alpha value is -1.55. The smallest absolute Gasteiger partial charge is 0.253 e. The van der Waals surface area contributed by atoms with E-state index in [4.69, 9.17) is 0 Å². The lowest BCUT2D eigenvalue weighted by Gasteiger charge is -2.21. The predicted molar refractivity (Wildman–Crippen MR) is 95.0 cm³/mol. The van der Waals surface area contributed by atoms with Gasteiger partial charge in [0.25, 0.3) is 5.91 Å². The van der Waals surface area contributed by atoms with Crippen LogP contribution in [0.15, 0.2) is 18.2 Å². The largest absolute Gasteiger partial charge is 0.384 e. The van der Waals surface area contributed by atoms with Gasteiger partial charge >= 0.3 is 0 Å². The third kappa shape index (κ3) is 4.05. The molecule has 0 unspecified atom stereocenters. The minimum atomic E-state index is 0.0681. The second kappa shape index (κ2) is 7.35. The molecule has 1 atom stereocenters. The maximum Gasteiger partial charge on any atom is 0.253 e.